The highest BCUT2D eigenvalue weighted by atomic mass is 79.9. The van der Waals surface area contributed by atoms with Crippen LogP contribution < -0.4 is 19.6 Å². The van der Waals surface area contributed by atoms with E-state index >= 15 is 0 Å². The van der Waals surface area contributed by atoms with E-state index in [-0.39, 0.29) is 5.91 Å². The van der Waals surface area contributed by atoms with Gasteiger partial charge in [0.1, 0.15) is 12.4 Å². The zero-order valence-corrected chi connectivity index (χ0v) is 18.2. The summed E-state index contributed by atoms with van der Waals surface area (Å²) in [4.78, 5) is 12.7. The Balaban J connectivity index is 1.80. The van der Waals surface area contributed by atoms with Crippen molar-refractivity contribution >= 4 is 38.8 Å². The fraction of sp³-hybridized carbons (Fsp3) is 0.130. The van der Waals surface area contributed by atoms with Crippen LogP contribution in [-0.4, -0.2) is 32.9 Å². The highest BCUT2D eigenvalue weighted by Crippen LogP contribution is 2.36. The molecular weight excluding hydrogens is 448 g/mol. The van der Waals surface area contributed by atoms with Gasteiger partial charge in [-0.1, -0.05) is 36.9 Å². The lowest BCUT2D eigenvalue weighted by Crippen LogP contribution is -2.18. The topological polar surface area (TPSA) is 69.2 Å². The Morgan fingerprint density at radius 2 is 1.80 bits per heavy atom. The number of amides is 1. The number of nitrogens with one attached hydrogen (secondary N) is 1. The summed E-state index contributed by atoms with van der Waals surface area (Å²) in [6.45, 7) is 3.99. The van der Waals surface area contributed by atoms with Crippen LogP contribution in [0.15, 0.2) is 70.8 Å². The van der Waals surface area contributed by atoms with Crippen molar-refractivity contribution in [2.75, 3.05) is 20.8 Å². The van der Waals surface area contributed by atoms with E-state index in [1.807, 2.05) is 36.4 Å². The third-order valence-corrected chi connectivity index (χ3v) is 4.88. The number of halogens is 1. The van der Waals surface area contributed by atoms with Crippen LogP contribution in [0.3, 0.4) is 0 Å². The number of fused-ring (bicyclic) bond motifs is 1. The summed E-state index contributed by atoms with van der Waals surface area (Å²) in [7, 11) is 3.08. The van der Waals surface area contributed by atoms with Gasteiger partial charge in [0.15, 0.2) is 11.5 Å². The zero-order valence-electron chi connectivity index (χ0n) is 16.6. The van der Waals surface area contributed by atoms with Crippen LogP contribution in [0, 0.1) is 0 Å². The number of carbonyl (C=O) groups excluding carboxylic acids is 1. The van der Waals surface area contributed by atoms with E-state index in [9.17, 15) is 4.79 Å². The molecule has 3 aromatic carbocycles. The fourth-order valence-electron chi connectivity index (χ4n) is 2.89. The van der Waals surface area contributed by atoms with Gasteiger partial charge in [0.25, 0.3) is 5.91 Å². The van der Waals surface area contributed by atoms with Crippen molar-refractivity contribution in [2.45, 2.75) is 0 Å². The van der Waals surface area contributed by atoms with Crippen LogP contribution in [0.5, 0.6) is 17.2 Å². The average molecular weight is 469 g/mol. The molecule has 0 aliphatic carbocycles. The molecule has 7 heteroatoms. The van der Waals surface area contributed by atoms with E-state index in [0.29, 0.717) is 33.9 Å². The Morgan fingerprint density at radius 1 is 1.10 bits per heavy atom. The van der Waals surface area contributed by atoms with Crippen LogP contribution in [-0.2, 0) is 0 Å². The van der Waals surface area contributed by atoms with Crippen LogP contribution in [0.2, 0.25) is 0 Å². The predicted octanol–water partition coefficient (Wildman–Crippen LogP) is 4.95. The number of hydrogen-bond acceptors (Lipinski definition) is 5. The van der Waals surface area contributed by atoms with E-state index in [1.54, 1.807) is 25.3 Å². The van der Waals surface area contributed by atoms with Gasteiger partial charge in [0.05, 0.1) is 30.5 Å². The third-order valence-electron chi connectivity index (χ3n) is 4.29. The minimum atomic E-state index is -0.370. The molecule has 30 heavy (non-hydrogen) atoms. The standard InChI is InChI=1S/C23H21BrN2O4/c1-4-9-30-22-19(24)10-15(11-21(22)29-3)14-25-26-23(27)18-12-16-7-5-6-8-17(16)13-20(18)28-2/h4-8,10-14H,1,9H2,2-3H3,(H,26,27). The molecule has 0 bridgehead atoms. The summed E-state index contributed by atoms with van der Waals surface area (Å²) < 4.78 is 17.1. The molecule has 0 aliphatic heterocycles. The van der Waals surface area contributed by atoms with E-state index in [4.69, 9.17) is 14.2 Å². The fourth-order valence-corrected chi connectivity index (χ4v) is 3.46. The van der Waals surface area contributed by atoms with Gasteiger partial charge in [-0.3, -0.25) is 4.79 Å². The lowest BCUT2D eigenvalue weighted by atomic mass is 10.1. The van der Waals surface area contributed by atoms with Crippen molar-refractivity contribution in [2.24, 2.45) is 5.10 Å². The van der Waals surface area contributed by atoms with Gasteiger partial charge < -0.3 is 14.2 Å². The van der Waals surface area contributed by atoms with E-state index in [2.05, 4.69) is 33.0 Å². The lowest BCUT2D eigenvalue weighted by molar-refractivity contribution is 0.0952. The maximum Gasteiger partial charge on any atom is 0.275 e. The average Bonchev–Trinajstić information content (AvgIpc) is 2.76. The second kappa shape index (κ2) is 9.93. The molecule has 0 aliphatic rings. The second-order valence-corrected chi connectivity index (χ2v) is 7.09. The van der Waals surface area contributed by atoms with E-state index < -0.39 is 0 Å². The van der Waals surface area contributed by atoms with Gasteiger partial charge >= 0.3 is 0 Å². The first-order valence-electron chi connectivity index (χ1n) is 9.08. The number of hydrazone groups is 1. The van der Waals surface area contributed by atoms with Crippen LogP contribution in [0.1, 0.15) is 15.9 Å². The Labute approximate surface area is 183 Å². The molecule has 0 unspecified atom stereocenters. The molecule has 1 amide bonds. The molecule has 0 saturated carbocycles. The van der Waals surface area contributed by atoms with Crippen LogP contribution in [0.4, 0.5) is 0 Å². The first-order valence-corrected chi connectivity index (χ1v) is 9.88. The monoisotopic (exact) mass is 468 g/mol. The summed E-state index contributed by atoms with van der Waals surface area (Å²) in [5.41, 5.74) is 3.66. The number of carbonyl (C=O) groups is 1. The van der Waals surface area contributed by atoms with Gasteiger partial charge in [-0.05, 0) is 56.5 Å². The molecule has 1 N–H and O–H groups in total. The summed E-state index contributed by atoms with van der Waals surface area (Å²) in [6, 6.07) is 14.9. The first kappa shape index (κ1) is 21.4. The van der Waals surface area contributed by atoms with Gasteiger partial charge in [0, 0.05) is 0 Å². The molecule has 0 spiro atoms. The molecule has 6 nitrogen and oxygen atoms in total. The number of benzene rings is 3. The van der Waals surface area contributed by atoms with Gasteiger partial charge in [-0.2, -0.15) is 5.10 Å². The minimum Gasteiger partial charge on any atom is -0.496 e. The molecular formula is C23H21BrN2O4. The summed E-state index contributed by atoms with van der Waals surface area (Å²) in [5, 5.41) is 6.00. The summed E-state index contributed by atoms with van der Waals surface area (Å²) >= 11 is 3.46. The van der Waals surface area contributed by atoms with Gasteiger partial charge in [-0.25, -0.2) is 5.43 Å². The number of rotatable bonds is 8. The Kier molecular flexibility index (Phi) is 7.08. The zero-order chi connectivity index (χ0) is 21.5. The van der Waals surface area contributed by atoms with Gasteiger partial charge in [0.2, 0.25) is 0 Å². The smallest absolute Gasteiger partial charge is 0.275 e. The predicted molar refractivity (Wildman–Crippen MR) is 122 cm³/mol. The van der Waals surface area contributed by atoms with Crippen molar-refractivity contribution in [3.05, 3.63) is 76.8 Å². The molecule has 3 rings (SSSR count). The van der Waals surface area contributed by atoms with Gasteiger partial charge in [-0.15, -0.1) is 0 Å². The maximum atomic E-state index is 12.7. The second-order valence-electron chi connectivity index (χ2n) is 6.23. The molecule has 0 fully saturated rings. The molecule has 0 saturated heterocycles. The summed E-state index contributed by atoms with van der Waals surface area (Å²) in [5.74, 6) is 1.22. The SMILES string of the molecule is C=CCOc1c(Br)cc(C=NNC(=O)c2cc3ccccc3cc2OC)cc1OC. The Hall–Kier alpha value is -3.32. The highest BCUT2D eigenvalue weighted by molar-refractivity contribution is 9.10. The first-order chi connectivity index (χ1) is 14.6. The van der Waals surface area contributed by atoms with Crippen molar-refractivity contribution < 1.29 is 19.0 Å². The largest absolute Gasteiger partial charge is 0.496 e. The molecule has 154 valence electrons. The van der Waals surface area contributed by atoms with E-state index in [1.165, 1.54) is 13.3 Å². The van der Waals surface area contributed by atoms with Crippen LogP contribution >= 0.6 is 15.9 Å². The lowest BCUT2D eigenvalue weighted by Gasteiger charge is -2.12. The van der Waals surface area contributed by atoms with Crippen molar-refractivity contribution in [1.29, 1.82) is 0 Å². The molecule has 0 heterocycles. The van der Waals surface area contributed by atoms with E-state index in [0.717, 1.165) is 16.3 Å². The number of methoxy groups -OCH3 is 2. The number of ether oxygens (including phenoxy) is 3. The van der Waals surface area contributed by atoms with Crippen molar-refractivity contribution in [1.82, 2.24) is 5.43 Å². The van der Waals surface area contributed by atoms with Crippen LogP contribution in [0.25, 0.3) is 10.8 Å². The Morgan fingerprint density at radius 3 is 2.47 bits per heavy atom. The molecule has 0 atom stereocenters. The highest BCUT2D eigenvalue weighted by Gasteiger charge is 2.14. The molecule has 0 radical (unpaired) electrons. The molecule has 3 aromatic rings. The summed E-state index contributed by atoms with van der Waals surface area (Å²) in [6.07, 6.45) is 3.17. The maximum absolute atomic E-state index is 12.7. The third kappa shape index (κ3) is 4.80. The number of nitrogens with zero attached hydrogens (tertiary/aromatic N) is 1. The number of hydrogen-bond donors (Lipinski definition) is 1. The molecule has 0 aromatic heterocycles. The van der Waals surface area contributed by atoms with Crippen molar-refractivity contribution in [3.8, 4) is 17.2 Å². The minimum absolute atomic E-state index is 0.353. The quantitative estimate of drug-likeness (QED) is 0.288. The van der Waals surface area contributed by atoms with Crippen molar-refractivity contribution in [3.63, 3.8) is 0 Å². The normalized spacial score (nSPS) is 10.8. The Bertz CT molecular complexity index is 1110.